The Bertz CT molecular complexity index is 818. The Kier molecular flexibility index (Phi) is 4.38. The van der Waals surface area contributed by atoms with Crippen molar-refractivity contribution in [3.63, 3.8) is 0 Å². The first-order valence-electron chi connectivity index (χ1n) is 6.98. The first-order chi connectivity index (χ1) is 11.1. The second kappa shape index (κ2) is 6.62. The zero-order valence-electron chi connectivity index (χ0n) is 12.1. The third-order valence-electron chi connectivity index (χ3n) is 3.46. The molecule has 0 bridgehead atoms. The summed E-state index contributed by atoms with van der Waals surface area (Å²) >= 11 is 5.85. The van der Waals surface area contributed by atoms with Crippen molar-refractivity contribution in [2.75, 3.05) is 11.9 Å². The number of nitrogens with zero attached hydrogens (tertiary/aromatic N) is 4. The molecule has 1 unspecified atom stereocenters. The molecule has 0 fully saturated rings. The van der Waals surface area contributed by atoms with Crippen molar-refractivity contribution in [1.29, 1.82) is 0 Å². The smallest absolute Gasteiger partial charge is 0.308 e. The van der Waals surface area contributed by atoms with Gasteiger partial charge in [-0.25, -0.2) is 4.98 Å². The summed E-state index contributed by atoms with van der Waals surface area (Å²) in [7, 11) is 0. The lowest BCUT2D eigenvalue weighted by atomic mass is 9.99. The van der Waals surface area contributed by atoms with Crippen molar-refractivity contribution in [3.8, 4) is 0 Å². The van der Waals surface area contributed by atoms with Crippen LogP contribution in [0.15, 0.2) is 43.0 Å². The number of anilines is 1. The Hall–Kier alpha value is -2.67. The minimum absolute atomic E-state index is 0.249. The van der Waals surface area contributed by atoms with E-state index in [4.69, 9.17) is 11.6 Å². The fraction of sp³-hybridized carbons (Fsp3) is 0.200. The molecule has 3 aromatic rings. The van der Waals surface area contributed by atoms with Crippen molar-refractivity contribution >= 4 is 29.0 Å². The summed E-state index contributed by atoms with van der Waals surface area (Å²) < 4.78 is 1.58. The molecule has 0 saturated carbocycles. The predicted molar refractivity (Wildman–Crippen MR) is 85.6 cm³/mol. The number of hydrogen-bond acceptors (Lipinski definition) is 5. The fourth-order valence-electron chi connectivity index (χ4n) is 2.25. The fourth-order valence-corrected chi connectivity index (χ4v) is 2.38. The molecule has 0 aliphatic heterocycles. The molecule has 0 aliphatic rings. The maximum atomic E-state index is 11.5. The molecular formula is C15H14ClN5O2. The third kappa shape index (κ3) is 3.57. The Labute approximate surface area is 137 Å². The van der Waals surface area contributed by atoms with Crippen LogP contribution in [0.5, 0.6) is 0 Å². The van der Waals surface area contributed by atoms with E-state index >= 15 is 0 Å². The van der Waals surface area contributed by atoms with Crippen molar-refractivity contribution in [2.45, 2.75) is 6.42 Å². The number of halogens is 1. The van der Waals surface area contributed by atoms with Crippen LogP contribution in [0.3, 0.4) is 0 Å². The highest BCUT2D eigenvalue weighted by molar-refractivity contribution is 6.30. The number of fused-ring (bicyclic) bond motifs is 1. The highest BCUT2D eigenvalue weighted by Gasteiger charge is 2.18. The second-order valence-corrected chi connectivity index (χ2v) is 5.51. The van der Waals surface area contributed by atoms with Crippen LogP contribution in [-0.4, -0.2) is 37.2 Å². The summed E-state index contributed by atoms with van der Waals surface area (Å²) in [5.74, 6) is -0.858. The van der Waals surface area contributed by atoms with Gasteiger partial charge in [0.2, 0.25) is 0 Å². The lowest BCUT2D eigenvalue weighted by Crippen LogP contribution is -2.25. The Morgan fingerprint density at radius 3 is 2.83 bits per heavy atom. The molecule has 0 spiro atoms. The number of aliphatic carboxylic acids is 1. The first kappa shape index (κ1) is 15.2. The van der Waals surface area contributed by atoms with Crippen molar-refractivity contribution < 1.29 is 9.90 Å². The molecular weight excluding hydrogens is 318 g/mol. The largest absolute Gasteiger partial charge is 0.481 e. The summed E-state index contributed by atoms with van der Waals surface area (Å²) in [6.07, 6.45) is 4.99. The zero-order chi connectivity index (χ0) is 16.2. The number of rotatable bonds is 6. The lowest BCUT2D eigenvalue weighted by Gasteiger charge is -2.14. The van der Waals surface area contributed by atoms with Crippen LogP contribution in [0.1, 0.15) is 5.56 Å². The van der Waals surface area contributed by atoms with Crippen LogP contribution in [0.4, 0.5) is 5.82 Å². The second-order valence-electron chi connectivity index (χ2n) is 5.07. The Morgan fingerprint density at radius 2 is 2.09 bits per heavy atom. The minimum atomic E-state index is -0.869. The van der Waals surface area contributed by atoms with Gasteiger partial charge in [0.15, 0.2) is 5.65 Å². The van der Waals surface area contributed by atoms with Gasteiger partial charge in [-0.2, -0.15) is 9.61 Å². The highest BCUT2D eigenvalue weighted by Crippen LogP contribution is 2.15. The van der Waals surface area contributed by atoms with Crippen molar-refractivity contribution in [1.82, 2.24) is 19.6 Å². The molecule has 2 aromatic heterocycles. The molecule has 3 rings (SSSR count). The molecule has 23 heavy (non-hydrogen) atoms. The van der Waals surface area contributed by atoms with E-state index in [1.807, 2.05) is 12.1 Å². The van der Waals surface area contributed by atoms with Crippen LogP contribution in [-0.2, 0) is 11.2 Å². The van der Waals surface area contributed by atoms with Crippen LogP contribution < -0.4 is 5.32 Å². The molecule has 7 nitrogen and oxygen atoms in total. The van der Waals surface area contributed by atoms with Crippen LogP contribution >= 0.6 is 11.6 Å². The summed E-state index contributed by atoms with van der Waals surface area (Å²) in [6.45, 7) is 0.249. The van der Waals surface area contributed by atoms with Gasteiger partial charge in [-0.05, 0) is 24.1 Å². The van der Waals surface area contributed by atoms with Gasteiger partial charge in [0.1, 0.15) is 12.1 Å². The number of benzene rings is 1. The quantitative estimate of drug-likeness (QED) is 0.719. The molecule has 0 radical (unpaired) electrons. The molecule has 1 aromatic carbocycles. The van der Waals surface area contributed by atoms with E-state index in [1.165, 1.54) is 6.33 Å². The van der Waals surface area contributed by atoms with E-state index in [2.05, 4.69) is 20.4 Å². The van der Waals surface area contributed by atoms with Crippen molar-refractivity contribution in [2.24, 2.45) is 5.92 Å². The van der Waals surface area contributed by atoms with Crippen LogP contribution in [0.25, 0.3) is 5.65 Å². The third-order valence-corrected chi connectivity index (χ3v) is 3.72. The van der Waals surface area contributed by atoms with E-state index in [9.17, 15) is 9.90 Å². The van der Waals surface area contributed by atoms with E-state index in [0.29, 0.717) is 22.9 Å². The molecule has 2 N–H and O–H groups in total. The molecule has 2 heterocycles. The molecule has 0 saturated heterocycles. The van der Waals surface area contributed by atoms with Crippen LogP contribution in [0.2, 0.25) is 5.02 Å². The summed E-state index contributed by atoms with van der Waals surface area (Å²) in [6, 6.07) is 7.17. The molecule has 118 valence electrons. The van der Waals surface area contributed by atoms with Gasteiger partial charge >= 0.3 is 5.97 Å². The molecule has 0 amide bonds. The average molecular weight is 332 g/mol. The first-order valence-corrected chi connectivity index (χ1v) is 7.36. The van der Waals surface area contributed by atoms with E-state index in [1.54, 1.807) is 29.0 Å². The predicted octanol–water partition coefficient (Wildman–Crippen LogP) is 2.13. The van der Waals surface area contributed by atoms with Crippen molar-refractivity contribution in [3.05, 3.63) is 53.6 Å². The minimum Gasteiger partial charge on any atom is -0.481 e. The monoisotopic (exact) mass is 331 g/mol. The SMILES string of the molecule is O=C(O)C(CNc1cncc2ncnn12)Cc1ccc(Cl)cc1. The standard InChI is InChI=1S/C15H14ClN5O2/c16-12-3-1-10(2-4-12)5-11(15(22)23)6-18-13-7-17-8-14-19-9-20-21(13)14/h1-4,7-9,11,18H,5-6H2,(H,22,23). The van der Waals surface area contributed by atoms with Gasteiger partial charge < -0.3 is 10.4 Å². The maximum Gasteiger partial charge on any atom is 0.308 e. The Morgan fingerprint density at radius 1 is 1.30 bits per heavy atom. The number of nitrogens with one attached hydrogen (secondary N) is 1. The Balaban J connectivity index is 1.71. The number of aromatic nitrogens is 4. The summed E-state index contributed by atoms with van der Waals surface area (Å²) in [4.78, 5) is 19.6. The summed E-state index contributed by atoms with van der Waals surface area (Å²) in [5, 5.41) is 17.2. The maximum absolute atomic E-state index is 11.5. The lowest BCUT2D eigenvalue weighted by molar-refractivity contribution is -0.141. The van der Waals surface area contributed by atoms with Gasteiger partial charge in [-0.3, -0.25) is 9.78 Å². The average Bonchev–Trinajstić information content (AvgIpc) is 3.02. The van der Waals surface area contributed by atoms with Crippen LogP contribution in [0, 0.1) is 5.92 Å². The number of carboxylic acid groups (broad SMARTS) is 1. The van der Waals surface area contributed by atoms with Gasteiger partial charge in [0.25, 0.3) is 0 Å². The molecule has 1 atom stereocenters. The molecule has 8 heteroatoms. The number of carboxylic acids is 1. The van der Waals surface area contributed by atoms with E-state index < -0.39 is 11.9 Å². The van der Waals surface area contributed by atoms with Gasteiger partial charge in [0.05, 0.1) is 18.3 Å². The van der Waals surface area contributed by atoms with Gasteiger partial charge in [-0.1, -0.05) is 23.7 Å². The van der Waals surface area contributed by atoms with E-state index in [0.717, 1.165) is 5.56 Å². The van der Waals surface area contributed by atoms with E-state index in [-0.39, 0.29) is 6.54 Å². The summed E-state index contributed by atoms with van der Waals surface area (Å²) in [5.41, 5.74) is 1.51. The number of carbonyl (C=O) groups is 1. The topological polar surface area (TPSA) is 92.4 Å². The zero-order valence-corrected chi connectivity index (χ0v) is 12.8. The van der Waals surface area contributed by atoms with Gasteiger partial charge in [0, 0.05) is 11.6 Å². The number of hydrogen-bond donors (Lipinski definition) is 2. The highest BCUT2D eigenvalue weighted by atomic mass is 35.5. The normalized spacial score (nSPS) is 12.2. The molecule has 0 aliphatic carbocycles. The van der Waals surface area contributed by atoms with Gasteiger partial charge in [-0.15, -0.1) is 0 Å².